The van der Waals surface area contributed by atoms with E-state index in [4.69, 9.17) is 18.9 Å². The molecule has 1 heterocycles. The van der Waals surface area contributed by atoms with Crippen LogP contribution in [0.1, 0.15) is 79.9 Å². The molecule has 2 rings (SSSR count). The summed E-state index contributed by atoms with van der Waals surface area (Å²) >= 11 is 0. The third-order valence-corrected chi connectivity index (χ3v) is 5.30. The van der Waals surface area contributed by atoms with Gasteiger partial charge in [-0.2, -0.15) is 4.80 Å². The van der Waals surface area contributed by atoms with Crippen LogP contribution in [0.15, 0.2) is 12.1 Å². The second-order valence-electron chi connectivity index (χ2n) is 7.60. The van der Waals surface area contributed by atoms with Gasteiger partial charge in [0.05, 0.1) is 31.8 Å². The molecule has 2 aromatic rings. The number of aromatic nitrogens is 3. The monoisotopic (exact) mass is 492 g/mol. The third-order valence-electron chi connectivity index (χ3n) is 5.30. The Morgan fingerprint density at radius 3 is 2.03 bits per heavy atom. The summed E-state index contributed by atoms with van der Waals surface area (Å²) in [6, 6.07) is 2.26. The van der Waals surface area contributed by atoms with Crippen molar-refractivity contribution >= 4 is 17.4 Å². The van der Waals surface area contributed by atoms with Gasteiger partial charge in [0.25, 0.3) is 5.69 Å². The molecule has 0 fully saturated rings. The molecule has 0 atom stereocenters. The van der Waals surface area contributed by atoms with Gasteiger partial charge in [-0.05, 0) is 26.7 Å². The first-order valence-corrected chi connectivity index (χ1v) is 11.5. The van der Waals surface area contributed by atoms with E-state index in [1.54, 1.807) is 6.92 Å². The number of nitro groups is 1. The first kappa shape index (κ1) is 27.7. The maximum atomic E-state index is 13.6. The molecule has 0 N–H and O–H groups in total. The van der Waals surface area contributed by atoms with Crippen molar-refractivity contribution < 1.29 is 33.5 Å². The summed E-state index contributed by atoms with van der Waals surface area (Å²) in [4.78, 5) is 38.6. The summed E-state index contributed by atoms with van der Waals surface area (Å²) in [6.07, 6.45) is 2.49. The van der Waals surface area contributed by atoms with Crippen molar-refractivity contribution in [3.05, 3.63) is 39.2 Å². The first-order chi connectivity index (χ1) is 16.7. The number of methoxy groups -OCH3 is 2. The van der Waals surface area contributed by atoms with Gasteiger partial charge in [-0.25, -0.2) is 4.79 Å². The van der Waals surface area contributed by atoms with E-state index < -0.39 is 28.1 Å². The van der Waals surface area contributed by atoms with Crippen LogP contribution < -0.4 is 9.47 Å². The lowest BCUT2D eigenvalue weighted by molar-refractivity contribution is -0.385. The number of benzene rings is 1. The lowest BCUT2D eigenvalue weighted by atomic mass is 10.0. The van der Waals surface area contributed by atoms with Crippen LogP contribution in [0.2, 0.25) is 0 Å². The van der Waals surface area contributed by atoms with Crippen molar-refractivity contribution in [2.24, 2.45) is 0 Å². The Kier molecular flexibility index (Phi) is 9.69. The quantitative estimate of drug-likeness (QED) is 0.165. The number of carbonyl (C=O) groups excluding carboxylic acids is 2. The SMILES string of the molecule is CCCC(CCC)(OCC)n1nc(C(=O)OCC)c(C(=O)c2cc(OC)c(OC)cc2[N+](=O)[O-])n1. The molecule has 35 heavy (non-hydrogen) atoms. The summed E-state index contributed by atoms with van der Waals surface area (Å²) < 4.78 is 21.5. The lowest BCUT2D eigenvalue weighted by Gasteiger charge is -2.32. The van der Waals surface area contributed by atoms with E-state index in [1.807, 2.05) is 20.8 Å². The molecule has 0 unspecified atom stereocenters. The van der Waals surface area contributed by atoms with Crippen LogP contribution >= 0.6 is 0 Å². The van der Waals surface area contributed by atoms with E-state index in [9.17, 15) is 19.7 Å². The maximum Gasteiger partial charge on any atom is 0.361 e. The highest BCUT2D eigenvalue weighted by Crippen LogP contribution is 2.36. The average molecular weight is 493 g/mol. The molecule has 0 aliphatic heterocycles. The lowest BCUT2D eigenvalue weighted by Crippen LogP contribution is -2.39. The van der Waals surface area contributed by atoms with E-state index in [1.165, 1.54) is 25.1 Å². The zero-order valence-electron chi connectivity index (χ0n) is 21.0. The van der Waals surface area contributed by atoms with Gasteiger partial charge in [0.2, 0.25) is 11.5 Å². The normalized spacial score (nSPS) is 11.3. The fourth-order valence-electron chi connectivity index (χ4n) is 3.88. The Balaban J connectivity index is 2.79. The van der Waals surface area contributed by atoms with Crippen LogP contribution in [0, 0.1) is 10.1 Å². The molecule has 192 valence electrons. The molecule has 0 spiro atoms. The molecule has 1 aromatic heterocycles. The Labute approximate surface area is 203 Å². The van der Waals surface area contributed by atoms with Crippen molar-refractivity contribution in [2.45, 2.75) is 59.1 Å². The molecule has 1 aromatic carbocycles. The number of rotatable bonds is 14. The molecule has 12 nitrogen and oxygen atoms in total. The Morgan fingerprint density at radius 1 is 0.971 bits per heavy atom. The smallest absolute Gasteiger partial charge is 0.361 e. The second-order valence-corrected chi connectivity index (χ2v) is 7.60. The standard InChI is InChI=1S/C23H32N4O8/c1-7-11-23(12-8-2,35-10-4)27-24-19(20(25-27)22(29)34-9-3)21(28)15-13-17(32-5)18(33-6)14-16(15)26(30)31/h13-14H,7-12H2,1-6H3. The Morgan fingerprint density at radius 2 is 1.54 bits per heavy atom. The van der Waals surface area contributed by atoms with Crippen LogP contribution in [0.5, 0.6) is 11.5 Å². The minimum absolute atomic E-state index is 0.0380. The highest BCUT2D eigenvalue weighted by atomic mass is 16.6. The fourth-order valence-corrected chi connectivity index (χ4v) is 3.88. The molecule has 0 amide bonds. The second kappa shape index (κ2) is 12.2. The zero-order valence-corrected chi connectivity index (χ0v) is 21.0. The Bertz CT molecular complexity index is 1050. The maximum absolute atomic E-state index is 13.6. The minimum atomic E-state index is -0.998. The number of ether oxygens (including phenoxy) is 4. The number of carbonyl (C=O) groups is 2. The number of hydrogen-bond acceptors (Lipinski definition) is 10. The van der Waals surface area contributed by atoms with Gasteiger partial charge in [-0.3, -0.25) is 14.9 Å². The van der Waals surface area contributed by atoms with Crippen molar-refractivity contribution in [1.82, 2.24) is 15.0 Å². The molecule has 0 bridgehead atoms. The largest absolute Gasteiger partial charge is 0.493 e. The van der Waals surface area contributed by atoms with Crippen LogP contribution in [0.25, 0.3) is 0 Å². The van der Waals surface area contributed by atoms with E-state index >= 15 is 0 Å². The van der Waals surface area contributed by atoms with Gasteiger partial charge < -0.3 is 18.9 Å². The topological polar surface area (TPSA) is 145 Å². The number of hydrogen-bond donors (Lipinski definition) is 0. The average Bonchev–Trinajstić information content (AvgIpc) is 3.29. The number of nitrogens with zero attached hydrogens (tertiary/aromatic N) is 4. The van der Waals surface area contributed by atoms with Crippen molar-refractivity contribution in [2.75, 3.05) is 27.4 Å². The summed E-state index contributed by atoms with van der Waals surface area (Å²) in [5.74, 6) is -1.58. The van der Waals surface area contributed by atoms with E-state index in [0.29, 0.717) is 19.4 Å². The highest BCUT2D eigenvalue weighted by Gasteiger charge is 2.38. The highest BCUT2D eigenvalue weighted by molar-refractivity contribution is 6.14. The Hall–Kier alpha value is -3.54. The summed E-state index contributed by atoms with van der Waals surface area (Å²) in [6.45, 7) is 7.77. The van der Waals surface area contributed by atoms with Gasteiger partial charge in [-0.1, -0.05) is 26.7 Å². The fraction of sp³-hybridized carbons (Fsp3) is 0.565. The predicted molar refractivity (Wildman–Crippen MR) is 125 cm³/mol. The van der Waals surface area contributed by atoms with Crippen LogP contribution in [0.3, 0.4) is 0 Å². The summed E-state index contributed by atoms with van der Waals surface area (Å²) in [5, 5.41) is 20.4. The zero-order chi connectivity index (χ0) is 26.2. The molecule has 0 radical (unpaired) electrons. The summed E-state index contributed by atoms with van der Waals surface area (Å²) in [5.41, 5.74) is -2.60. The van der Waals surface area contributed by atoms with Crippen LogP contribution in [-0.2, 0) is 15.2 Å². The van der Waals surface area contributed by atoms with Gasteiger partial charge in [0.1, 0.15) is 5.56 Å². The third kappa shape index (κ3) is 5.76. The molecule has 0 saturated heterocycles. The first-order valence-electron chi connectivity index (χ1n) is 11.5. The van der Waals surface area contributed by atoms with Gasteiger partial charge in [0.15, 0.2) is 22.9 Å². The molecular weight excluding hydrogens is 460 g/mol. The number of esters is 1. The number of ketones is 1. The van der Waals surface area contributed by atoms with E-state index in [2.05, 4.69) is 10.2 Å². The molecule has 0 aliphatic rings. The van der Waals surface area contributed by atoms with Crippen molar-refractivity contribution in [3.8, 4) is 11.5 Å². The van der Waals surface area contributed by atoms with Crippen molar-refractivity contribution in [3.63, 3.8) is 0 Å². The van der Waals surface area contributed by atoms with Gasteiger partial charge in [-0.15, -0.1) is 10.2 Å². The van der Waals surface area contributed by atoms with E-state index in [-0.39, 0.29) is 35.1 Å². The molecular formula is C23H32N4O8. The molecule has 0 saturated carbocycles. The van der Waals surface area contributed by atoms with E-state index in [0.717, 1.165) is 18.9 Å². The van der Waals surface area contributed by atoms with Gasteiger partial charge >= 0.3 is 5.97 Å². The molecule has 12 heteroatoms. The van der Waals surface area contributed by atoms with Crippen LogP contribution in [-0.4, -0.2) is 59.1 Å². The minimum Gasteiger partial charge on any atom is -0.493 e. The predicted octanol–water partition coefficient (Wildman–Crippen LogP) is 3.90. The van der Waals surface area contributed by atoms with Crippen molar-refractivity contribution in [1.29, 1.82) is 0 Å². The number of nitro benzene ring substituents is 1. The summed E-state index contributed by atoms with van der Waals surface area (Å²) in [7, 11) is 2.66. The molecule has 0 aliphatic carbocycles. The van der Waals surface area contributed by atoms with Gasteiger partial charge in [0, 0.05) is 12.7 Å². The van der Waals surface area contributed by atoms with Crippen LogP contribution in [0.4, 0.5) is 5.69 Å².